The third-order valence-corrected chi connectivity index (χ3v) is 7.12. The molecule has 2 aromatic rings. The van der Waals surface area contributed by atoms with Crippen LogP contribution >= 0.6 is 0 Å². The number of fused-ring (bicyclic) bond motifs is 1. The fourth-order valence-electron chi connectivity index (χ4n) is 4.93. The van der Waals surface area contributed by atoms with Gasteiger partial charge in [0.05, 0.1) is 5.69 Å². The van der Waals surface area contributed by atoms with Crippen molar-refractivity contribution in [2.75, 3.05) is 44.2 Å². The average Bonchev–Trinajstić information content (AvgIpc) is 2.84. The Kier molecular flexibility index (Phi) is 8.11. The molecule has 1 N–H and O–H groups in total. The number of amides is 2. The summed E-state index contributed by atoms with van der Waals surface area (Å²) in [7, 11) is 0. The summed E-state index contributed by atoms with van der Waals surface area (Å²) in [6.45, 7) is 10.2. The third kappa shape index (κ3) is 6.85. The van der Waals surface area contributed by atoms with E-state index in [0.29, 0.717) is 18.0 Å². The van der Waals surface area contributed by atoms with E-state index in [4.69, 9.17) is 4.74 Å². The molecule has 0 atom stereocenters. The Hall–Kier alpha value is -2.86. The van der Waals surface area contributed by atoms with Gasteiger partial charge in [-0.05, 0) is 79.9 Å². The number of nitrogens with zero attached hydrogens (tertiary/aromatic N) is 2. The van der Waals surface area contributed by atoms with E-state index in [1.807, 2.05) is 18.2 Å². The fourth-order valence-corrected chi connectivity index (χ4v) is 4.93. The van der Waals surface area contributed by atoms with E-state index in [1.54, 1.807) is 4.90 Å². The van der Waals surface area contributed by atoms with Crippen LogP contribution in [0.5, 0.6) is 5.75 Å². The topological polar surface area (TPSA) is 61.9 Å². The van der Waals surface area contributed by atoms with Gasteiger partial charge in [0, 0.05) is 6.54 Å². The highest BCUT2D eigenvalue weighted by Gasteiger charge is 2.29. The van der Waals surface area contributed by atoms with Crippen LogP contribution in [-0.2, 0) is 21.4 Å². The quantitative estimate of drug-likeness (QED) is 0.580. The minimum atomic E-state index is -0.183. The Morgan fingerprint density at radius 1 is 1.09 bits per heavy atom. The number of hydrogen-bond acceptors (Lipinski definition) is 4. The van der Waals surface area contributed by atoms with Crippen molar-refractivity contribution in [1.29, 1.82) is 0 Å². The molecule has 6 heteroatoms. The minimum absolute atomic E-state index is 0.0215. The fraction of sp³-hybridized carbons (Fsp3) is 0.517. The van der Waals surface area contributed by atoms with Gasteiger partial charge >= 0.3 is 0 Å². The first kappa shape index (κ1) is 25.2. The molecule has 2 heterocycles. The molecule has 2 amide bonds. The van der Waals surface area contributed by atoms with E-state index in [9.17, 15) is 9.59 Å². The van der Waals surface area contributed by atoms with Crippen molar-refractivity contribution in [2.45, 2.75) is 51.9 Å². The van der Waals surface area contributed by atoms with Crippen molar-refractivity contribution in [3.8, 4) is 5.75 Å². The summed E-state index contributed by atoms with van der Waals surface area (Å²) in [5, 5.41) is 3.01. The highest BCUT2D eigenvalue weighted by atomic mass is 16.5. The van der Waals surface area contributed by atoms with Gasteiger partial charge in [-0.2, -0.15) is 0 Å². The molecule has 2 aliphatic rings. The lowest BCUT2D eigenvalue weighted by molar-refractivity contribution is -0.125. The number of piperidine rings is 1. The summed E-state index contributed by atoms with van der Waals surface area (Å²) in [6.07, 6.45) is 4.55. The van der Waals surface area contributed by atoms with Crippen LogP contribution in [0, 0.1) is 5.92 Å². The van der Waals surface area contributed by atoms with E-state index < -0.39 is 0 Å². The number of hydrogen-bond donors (Lipinski definition) is 1. The van der Waals surface area contributed by atoms with Gasteiger partial charge in [-0.3, -0.25) is 14.5 Å². The van der Waals surface area contributed by atoms with Gasteiger partial charge in [0.2, 0.25) is 5.91 Å². The summed E-state index contributed by atoms with van der Waals surface area (Å²) in [4.78, 5) is 29.3. The average molecular weight is 478 g/mol. The van der Waals surface area contributed by atoms with E-state index in [-0.39, 0.29) is 30.4 Å². The maximum absolute atomic E-state index is 12.7. The summed E-state index contributed by atoms with van der Waals surface area (Å²) in [6, 6.07) is 16.7. The molecule has 0 unspecified atom stereocenters. The van der Waals surface area contributed by atoms with Crippen LogP contribution in [0.3, 0.4) is 0 Å². The minimum Gasteiger partial charge on any atom is -0.482 e. The Bertz CT molecular complexity index is 1010. The summed E-state index contributed by atoms with van der Waals surface area (Å²) >= 11 is 0. The van der Waals surface area contributed by atoms with Gasteiger partial charge in [-0.25, -0.2) is 0 Å². The SMILES string of the molecule is CC(C)(C)c1ccc2c(c1)N(CC(=O)NCCCN1CCC(Cc3ccccc3)CC1)C(=O)CO2. The number of carbonyl (C=O) groups is 2. The number of carbonyl (C=O) groups excluding carboxylic acids is 2. The van der Waals surface area contributed by atoms with Crippen LogP contribution in [0.15, 0.2) is 48.5 Å². The Balaban J connectivity index is 1.19. The molecule has 0 spiro atoms. The van der Waals surface area contributed by atoms with Crippen molar-refractivity contribution in [3.05, 3.63) is 59.7 Å². The molecule has 188 valence electrons. The van der Waals surface area contributed by atoms with Crippen molar-refractivity contribution < 1.29 is 14.3 Å². The van der Waals surface area contributed by atoms with Crippen LogP contribution in [0.4, 0.5) is 5.69 Å². The number of benzene rings is 2. The molecule has 0 bridgehead atoms. The molecule has 1 saturated heterocycles. The molecule has 0 saturated carbocycles. The van der Waals surface area contributed by atoms with E-state index >= 15 is 0 Å². The maximum atomic E-state index is 12.7. The Labute approximate surface area is 209 Å². The van der Waals surface area contributed by atoms with Crippen molar-refractivity contribution in [2.24, 2.45) is 5.92 Å². The molecule has 0 radical (unpaired) electrons. The standard InChI is InChI=1S/C29H39N3O3/c1-29(2,3)24-10-11-26-25(19-24)32(28(34)21-35-26)20-27(33)30-14-7-15-31-16-12-23(13-17-31)18-22-8-5-4-6-9-22/h4-6,8-11,19,23H,7,12-18,20-21H2,1-3H3,(H,30,33). The molecule has 6 nitrogen and oxygen atoms in total. The van der Waals surface area contributed by atoms with E-state index in [1.165, 1.54) is 24.8 Å². The molecule has 0 aromatic heterocycles. The Morgan fingerprint density at radius 3 is 2.54 bits per heavy atom. The van der Waals surface area contributed by atoms with Gasteiger partial charge in [0.25, 0.3) is 5.91 Å². The smallest absolute Gasteiger partial charge is 0.265 e. The zero-order valence-corrected chi connectivity index (χ0v) is 21.4. The highest BCUT2D eigenvalue weighted by molar-refractivity contribution is 6.02. The van der Waals surface area contributed by atoms with Crippen LogP contribution < -0.4 is 15.0 Å². The van der Waals surface area contributed by atoms with Crippen molar-refractivity contribution >= 4 is 17.5 Å². The van der Waals surface area contributed by atoms with Crippen LogP contribution in [0.25, 0.3) is 0 Å². The normalized spacial score (nSPS) is 17.1. The zero-order valence-electron chi connectivity index (χ0n) is 21.4. The Morgan fingerprint density at radius 2 is 1.83 bits per heavy atom. The second-order valence-electron chi connectivity index (χ2n) is 10.9. The molecule has 4 rings (SSSR count). The number of anilines is 1. The summed E-state index contributed by atoms with van der Waals surface area (Å²) in [5.41, 5.74) is 3.17. The second kappa shape index (κ2) is 11.3. The lowest BCUT2D eigenvalue weighted by atomic mass is 9.86. The predicted octanol–water partition coefficient (Wildman–Crippen LogP) is 4.17. The molecule has 1 fully saturated rings. The molecule has 0 aliphatic carbocycles. The van der Waals surface area contributed by atoms with Gasteiger partial charge in [-0.15, -0.1) is 0 Å². The molecular weight excluding hydrogens is 438 g/mol. The van der Waals surface area contributed by atoms with Crippen LogP contribution in [0.1, 0.15) is 51.2 Å². The zero-order chi connectivity index (χ0) is 24.8. The number of nitrogens with one attached hydrogen (secondary N) is 1. The second-order valence-corrected chi connectivity index (χ2v) is 10.9. The molecular formula is C29H39N3O3. The maximum Gasteiger partial charge on any atom is 0.265 e. The monoisotopic (exact) mass is 477 g/mol. The lowest BCUT2D eigenvalue weighted by Crippen LogP contribution is -2.45. The summed E-state index contributed by atoms with van der Waals surface area (Å²) < 4.78 is 5.59. The lowest BCUT2D eigenvalue weighted by Gasteiger charge is -2.32. The largest absolute Gasteiger partial charge is 0.482 e. The van der Waals surface area contributed by atoms with Crippen molar-refractivity contribution in [3.63, 3.8) is 0 Å². The van der Waals surface area contributed by atoms with Gasteiger partial charge in [0.15, 0.2) is 6.61 Å². The van der Waals surface area contributed by atoms with Gasteiger partial charge < -0.3 is 15.0 Å². The van der Waals surface area contributed by atoms with E-state index in [0.717, 1.165) is 37.5 Å². The summed E-state index contributed by atoms with van der Waals surface area (Å²) in [5.74, 6) is 1.10. The molecule has 35 heavy (non-hydrogen) atoms. The first-order valence-corrected chi connectivity index (χ1v) is 12.9. The van der Waals surface area contributed by atoms with Crippen LogP contribution in [-0.4, -0.2) is 56.0 Å². The predicted molar refractivity (Wildman–Crippen MR) is 140 cm³/mol. The number of likely N-dealkylation sites (tertiary alicyclic amines) is 1. The molecule has 2 aliphatic heterocycles. The van der Waals surface area contributed by atoms with Gasteiger partial charge in [-0.1, -0.05) is 57.2 Å². The number of rotatable bonds is 8. The third-order valence-electron chi connectivity index (χ3n) is 7.12. The van der Waals surface area contributed by atoms with E-state index in [2.05, 4.69) is 61.3 Å². The van der Waals surface area contributed by atoms with Crippen LogP contribution in [0.2, 0.25) is 0 Å². The highest BCUT2D eigenvalue weighted by Crippen LogP contribution is 2.36. The first-order valence-electron chi connectivity index (χ1n) is 12.9. The molecule has 2 aromatic carbocycles. The number of ether oxygens (including phenoxy) is 1. The van der Waals surface area contributed by atoms with Crippen molar-refractivity contribution in [1.82, 2.24) is 10.2 Å². The first-order chi connectivity index (χ1) is 16.8. The van der Waals surface area contributed by atoms with Gasteiger partial charge in [0.1, 0.15) is 12.3 Å².